The Morgan fingerprint density at radius 3 is 2.12 bits per heavy atom. The van der Waals surface area contributed by atoms with Gasteiger partial charge in [-0.1, -0.05) is 6.58 Å². The summed E-state index contributed by atoms with van der Waals surface area (Å²) < 4.78 is 0. The van der Waals surface area contributed by atoms with Crippen molar-refractivity contribution in [3.05, 3.63) is 12.3 Å². The van der Waals surface area contributed by atoms with Gasteiger partial charge in [0.1, 0.15) is 0 Å². The van der Waals surface area contributed by atoms with Gasteiger partial charge in [0.05, 0.1) is 5.97 Å². The number of hydrogen-bond acceptors (Lipinski definition) is 3. The average Bonchev–Trinajstić information content (AvgIpc) is 1.65. The third-order valence-corrected chi connectivity index (χ3v) is 0.548. The monoisotopic (exact) mass is 123 g/mol. The van der Waals surface area contributed by atoms with Gasteiger partial charge in [-0.2, -0.15) is 0 Å². The number of carboxylic acid groups (broad SMARTS) is 1. The van der Waals surface area contributed by atoms with E-state index in [9.17, 15) is 9.90 Å². The van der Waals surface area contributed by atoms with Crippen LogP contribution in [0.1, 0.15) is 0 Å². The van der Waals surface area contributed by atoms with Gasteiger partial charge < -0.3 is 15.2 Å². The Labute approximate surface area is 70.1 Å². The summed E-state index contributed by atoms with van der Waals surface area (Å²) in [4.78, 5) is 9.66. The molecule has 0 aliphatic rings. The minimum atomic E-state index is -1.26. The summed E-state index contributed by atoms with van der Waals surface area (Å²) in [5, 5.41) is 12.0. The smallest absolute Gasteiger partial charge is 0.543 e. The van der Waals surface area contributed by atoms with Crippen LogP contribution in [0.15, 0.2) is 12.3 Å². The van der Waals surface area contributed by atoms with Gasteiger partial charge in [-0.05, 0) is 0 Å². The first-order valence-electron chi connectivity index (χ1n) is 1.76. The topological polar surface area (TPSA) is 52.2 Å². The van der Waals surface area contributed by atoms with Crippen LogP contribution < -0.4 is 40.0 Å². The largest absolute Gasteiger partial charge is 1.00 e. The molecule has 0 spiro atoms. The van der Waals surface area contributed by atoms with E-state index in [1.165, 1.54) is 7.05 Å². The Balaban J connectivity index is 0. The Bertz CT molecular complexity index is 102. The third-order valence-electron chi connectivity index (χ3n) is 0.548. The molecule has 4 heteroatoms. The SMILES string of the molecule is C=C(NC)C(=O)[O-].[Na+]. The summed E-state index contributed by atoms with van der Waals surface area (Å²) in [6, 6.07) is 0. The van der Waals surface area contributed by atoms with Crippen LogP contribution in [-0.2, 0) is 4.79 Å². The summed E-state index contributed by atoms with van der Waals surface area (Å²) in [7, 11) is 1.47. The van der Waals surface area contributed by atoms with Crippen molar-refractivity contribution in [2.45, 2.75) is 0 Å². The molecule has 0 heterocycles. The van der Waals surface area contributed by atoms with E-state index in [-0.39, 0.29) is 35.3 Å². The maximum Gasteiger partial charge on any atom is 1.00 e. The Morgan fingerprint density at radius 1 is 1.75 bits per heavy atom. The van der Waals surface area contributed by atoms with E-state index in [2.05, 4.69) is 11.9 Å². The van der Waals surface area contributed by atoms with E-state index < -0.39 is 5.97 Å². The number of carboxylic acids is 1. The van der Waals surface area contributed by atoms with Crippen molar-refractivity contribution >= 4 is 5.97 Å². The Morgan fingerprint density at radius 2 is 2.12 bits per heavy atom. The number of rotatable bonds is 2. The van der Waals surface area contributed by atoms with Crippen molar-refractivity contribution in [2.24, 2.45) is 0 Å². The number of aliphatic carboxylic acids is 1. The Kier molecular flexibility index (Phi) is 7.02. The van der Waals surface area contributed by atoms with Gasteiger partial charge in [0, 0.05) is 12.7 Å². The molecule has 8 heavy (non-hydrogen) atoms. The van der Waals surface area contributed by atoms with Crippen LogP contribution in [0.2, 0.25) is 0 Å². The van der Waals surface area contributed by atoms with E-state index in [4.69, 9.17) is 0 Å². The predicted molar refractivity (Wildman–Crippen MR) is 23.2 cm³/mol. The first kappa shape index (κ1) is 10.9. The fourth-order valence-corrected chi connectivity index (χ4v) is 0.102. The minimum absolute atomic E-state index is 0. The first-order valence-corrected chi connectivity index (χ1v) is 1.76. The fraction of sp³-hybridized carbons (Fsp3) is 0.250. The van der Waals surface area contributed by atoms with Crippen molar-refractivity contribution in [1.29, 1.82) is 0 Å². The molecule has 0 aliphatic carbocycles. The molecular weight excluding hydrogens is 117 g/mol. The van der Waals surface area contributed by atoms with Gasteiger partial charge in [-0.15, -0.1) is 0 Å². The summed E-state index contributed by atoms with van der Waals surface area (Å²) in [5.41, 5.74) is -0.0972. The maximum atomic E-state index is 9.66. The Hall–Kier alpha value is 0.0100. The summed E-state index contributed by atoms with van der Waals surface area (Å²) in [6.07, 6.45) is 0. The van der Waals surface area contributed by atoms with Gasteiger partial charge in [0.25, 0.3) is 0 Å². The molecule has 0 fully saturated rings. The molecule has 0 aliphatic heterocycles. The maximum absolute atomic E-state index is 9.66. The molecule has 40 valence electrons. The zero-order valence-electron chi connectivity index (χ0n) is 5.02. The summed E-state index contributed by atoms with van der Waals surface area (Å²) in [5.74, 6) is -1.26. The van der Waals surface area contributed by atoms with Crippen LogP contribution >= 0.6 is 0 Å². The number of nitrogens with one attached hydrogen (secondary N) is 1. The molecule has 0 saturated carbocycles. The van der Waals surface area contributed by atoms with Crippen LogP contribution in [0.5, 0.6) is 0 Å². The van der Waals surface area contributed by atoms with Crippen LogP contribution in [-0.4, -0.2) is 13.0 Å². The molecule has 0 atom stereocenters. The van der Waals surface area contributed by atoms with Crippen molar-refractivity contribution in [3.63, 3.8) is 0 Å². The molecule has 0 saturated heterocycles. The molecule has 0 aromatic heterocycles. The van der Waals surface area contributed by atoms with Crippen molar-refractivity contribution in [3.8, 4) is 0 Å². The van der Waals surface area contributed by atoms with Crippen LogP contribution in [0.3, 0.4) is 0 Å². The van der Waals surface area contributed by atoms with Gasteiger partial charge in [-0.3, -0.25) is 0 Å². The quantitative estimate of drug-likeness (QED) is 0.297. The van der Waals surface area contributed by atoms with E-state index >= 15 is 0 Å². The molecule has 3 nitrogen and oxygen atoms in total. The molecule has 0 bridgehead atoms. The molecule has 0 unspecified atom stereocenters. The summed E-state index contributed by atoms with van der Waals surface area (Å²) in [6.45, 7) is 3.10. The van der Waals surface area contributed by atoms with Gasteiger partial charge in [0.2, 0.25) is 0 Å². The van der Waals surface area contributed by atoms with E-state index in [0.717, 1.165) is 0 Å². The first-order chi connectivity index (χ1) is 3.18. The number of hydrogen-bond donors (Lipinski definition) is 1. The minimum Gasteiger partial charge on any atom is -0.543 e. The van der Waals surface area contributed by atoms with Crippen LogP contribution in [0, 0.1) is 0 Å². The van der Waals surface area contributed by atoms with Gasteiger partial charge >= 0.3 is 29.6 Å². The van der Waals surface area contributed by atoms with Gasteiger partial charge in [-0.25, -0.2) is 0 Å². The third kappa shape index (κ3) is 4.18. The van der Waals surface area contributed by atoms with E-state index in [1.807, 2.05) is 0 Å². The van der Waals surface area contributed by atoms with Crippen molar-refractivity contribution < 1.29 is 39.5 Å². The molecule has 0 aromatic carbocycles. The summed E-state index contributed by atoms with van der Waals surface area (Å²) >= 11 is 0. The zero-order chi connectivity index (χ0) is 5.86. The van der Waals surface area contributed by atoms with E-state index in [0.29, 0.717) is 0 Å². The van der Waals surface area contributed by atoms with Crippen LogP contribution in [0.25, 0.3) is 0 Å². The second kappa shape index (κ2) is 5.15. The molecule has 1 N–H and O–H groups in total. The van der Waals surface area contributed by atoms with E-state index in [1.54, 1.807) is 0 Å². The standard InChI is InChI=1S/C4H7NO2.Na/c1-3(5-2)4(6)7;/h5H,1H2,2H3,(H,6,7);/q;+1/p-1. The number of carbonyl (C=O) groups excluding carboxylic acids is 1. The molecule has 0 radical (unpaired) electrons. The van der Waals surface area contributed by atoms with Crippen LogP contribution in [0.4, 0.5) is 0 Å². The second-order valence-electron chi connectivity index (χ2n) is 1.02. The number of likely N-dealkylation sites (N-methyl/N-ethyl adjacent to an activating group) is 1. The molecule has 0 rings (SSSR count). The normalized spacial score (nSPS) is 6.62. The molecular formula is C4H6NNaO2. The number of carbonyl (C=O) groups is 1. The fourth-order valence-electron chi connectivity index (χ4n) is 0.102. The predicted octanol–water partition coefficient (Wildman–Crippen LogP) is -4.53. The zero-order valence-corrected chi connectivity index (χ0v) is 7.02. The molecule has 0 aromatic rings. The van der Waals surface area contributed by atoms with Crippen molar-refractivity contribution in [1.82, 2.24) is 5.32 Å². The second-order valence-corrected chi connectivity index (χ2v) is 1.02. The average molecular weight is 123 g/mol. The molecule has 0 amide bonds. The van der Waals surface area contributed by atoms with Crippen molar-refractivity contribution in [2.75, 3.05) is 7.05 Å². The van der Waals surface area contributed by atoms with Gasteiger partial charge in [0.15, 0.2) is 0 Å².